The van der Waals surface area contributed by atoms with Crippen LogP contribution in [0, 0.1) is 0 Å². The van der Waals surface area contributed by atoms with Crippen LogP contribution in [-0.2, 0) is 18.4 Å². The number of nitrogens with zero attached hydrogens (tertiary/aromatic N) is 2. The molecule has 0 aliphatic carbocycles. The Hall–Kier alpha value is -1.77. The lowest BCUT2D eigenvalue weighted by atomic mass is 10.0. The number of rotatable bonds is 37. The van der Waals surface area contributed by atoms with Gasteiger partial charge in [-0.25, -0.2) is 4.79 Å². The average molecular weight is 936 g/mol. The van der Waals surface area contributed by atoms with Crippen molar-refractivity contribution in [3.05, 3.63) is 23.8 Å². The summed E-state index contributed by atoms with van der Waals surface area (Å²) >= 11 is 0. The van der Waals surface area contributed by atoms with Crippen molar-refractivity contribution in [3.63, 3.8) is 0 Å². The van der Waals surface area contributed by atoms with E-state index in [1.54, 1.807) is 18.2 Å². The third kappa shape index (κ3) is 26.0. The maximum Gasteiger partial charge on any atom is 0.338 e. The molecule has 1 rings (SSSR count). The summed E-state index contributed by atoms with van der Waals surface area (Å²) in [7, 11) is 1.37. The predicted molar refractivity (Wildman–Crippen MR) is 276 cm³/mol. The van der Waals surface area contributed by atoms with E-state index in [1.165, 1.54) is 110 Å². The monoisotopic (exact) mass is 935 g/mol. The van der Waals surface area contributed by atoms with E-state index in [0.717, 1.165) is 45.4 Å². The van der Waals surface area contributed by atoms with Crippen LogP contribution in [0.25, 0.3) is 0 Å². The highest BCUT2D eigenvalue weighted by atomic mass is 28.4. The van der Waals surface area contributed by atoms with Gasteiger partial charge in [-0.1, -0.05) is 158 Å². The maximum absolute atomic E-state index is 13.5. The molecule has 0 amide bonds. The number of unbranched alkanes of at least 4 members (excludes halogenated alkanes) is 14. The van der Waals surface area contributed by atoms with E-state index in [0.29, 0.717) is 30.1 Å². The second-order valence-electron chi connectivity index (χ2n) is 22.0. The van der Waals surface area contributed by atoms with Crippen molar-refractivity contribution in [3.8, 4) is 11.5 Å². The number of esters is 2. The highest BCUT2D eigenvalue weighted by Gasteiger charge is 2.41. The van der Waals surface area contributed by atoms with Gasteiger partial charge in [-0.15, -0.1) is 0 Å². The number of methoxy groups -OCH3 is 1. The lowest BCUT2D eigenvalue weighted by Crippen LogP contribution is -2.50. The second kappa shape index (κ2) is 32.1. The molecule has 0 saturated carbocycles. The van der Waals surface area contributed by atoms with Crippen LogP contribution in [0.4, 0.5) is 0 Å². The molecule has 0 spiro atoms. The second-order valence-corrected chi connectivity index (χ2v) is 31.5. The predicted octanol–water partition coefficient (Wildman–Crippen LogP) is 14.6. The molecule has 0 bridgehead atoms. The summed E-state index contributed by atoms with van der Waals surface area (Å²) in [5.41, 5.74) is 0.361. The van der Waals surface area contributed by atoms with Crippen molar-refractivity contribution in [2.45, 2.75) is 239 Å². The molecule has 0 fully saturated rings. The first-order valence-electron chi connectivity index (χ1n) is 25.8. The molecule has 11 heteroatoms. The fourth-order valence-electron chi connectivity index (χ4n) is 7.54. The number of hydrogen-bond donors (Lipinski definition) is 0. The van der Waals surface area contributed by atoms with E-state index in [1.807, 2.05) is 14.1 Å². The smallest absolute Gasteiger partial charge is 0.338 e. The van der Waals surface area contributed by atoms with Gasteiger partial charge in [0, 0.05) is 26.1 Å². The molecule has 64 heavy (non-hydrogen) atoms. The first-order valence-corrected chi connectivity index (χ1v) is 31.7. The van der Waals surface area contributed by atoms with Crippen LogP contribution in [0.5, 0.6) is 11.5 Å². The van der Waals surface area contributed by atoms with Gasteiger partial charge in [-0.05, 0) is 101 Å². The van der Waals surface area contributed by atoms with Crippen LogP contribution in [0.3, 0.4) is 0 Å². The first kappa shape index (κ1) is 60.2. The van der Waals surface area contributed by atoms with Crippen LogP contribution >= 0.6 is 0 Å². The summed E-state index contributed by atoms with van der Waals surface area (Å²) in [6, 6.07) is 4.84. The summed E-state index contributed by atoms with van der Waals surface area (Å²) in [5, 5.41) is 0.213. The van der Waals surface area contributed by atoms with Crippen LogP contribution in [0.2, 0.25) is 36.3 Å². The van der Waals surface area contributed by atoms with Gasteiger partial charge in [0.2, 0.25) is 0 Å². The van der Waals surface area contributed by atoms with Gasteiger partial charge < -0.3 is 28.0 Å². The third-order valence-corrected chi connectivity index (χ3v) is 22.7. The van der Waals surface area contributed by atoms with Crippen molar-refractivity contribution in [2.75, 3.05) is 54.0 Å². The molecule has 0 saturated heterocycles. The summed E-state index contributed by atoms with van der Waals surface area (Å²) in [4.78, 5) is 30.9. The standard InChI is InChI=1S/C53H102N2O7Si2/c1-16-18-20-22-24-26-28-30-34-46(61-63(12,13)52(3,4)5)43-55(44-47(62-64(14,15)53(6,7)8)35-31-29-27-25-23-21-19-17-2)40-32-36-50(56)60-48-38-37-45(42-49(48)58-11)51(57)59-41-33-39-54(9)10/h37-38,42,46-47H,16-36,39-41,43-44H2,1-15H3. The van der Waals surface area contributed by atoms with Crippen LogP contribution in [0.15, 0.2) is 18.2 Å². The minimum atomic E-state index is -2.06. The highest BCUT2D eigenvalue weighted by molar-refractivity contribution is 6.74. The van der Waals surface area contributed by atoms with Crippen LogP contribution in [-0.4, -0.2) is 105 Å². The largest absolute Gasteiger partial charge is 0.493 e. The Morgan fingerprint density at radius 3 is 1.48 bits per heavy atom. The number of carbonyl (C=O) groups excluding carboxylic acids is 2. The van der Waals surface area contributed by atoms with E-state index in [4.69, 9.17) is 23.1 Å². The molecule has 9 nitrogen and oxygen atoms in total. The van der Waals surface area contributed by atoms with E-state index < -0.39 is 22.6 Å². The zero-order chi connectivity index (χ0) is 48.2. The summed E-state index contributed by atoms with van der Waals surface area (Å²) < 4.78 is 31.5. The van der Waals surface area contributed by atoms with Crippen molar-refractivity contribution in [2.24, 2.45) is 0 Å². The summed E-state index contributed by atoms with van der Waals surface area (Å²) in [6.07, 6.45) is 24.6. The molecule has 0 aliphatic heterocycles. The molecular weight excluding hydrogens is 833 g/mol. The fraction of sp³-hybridized carbons (Fsp3) is 0.849. The van der Waals surface area contributed by atoms with Crippen molar-refractivity contribution < 1.29 is 32.7 Å². The topological polar surface area (TPSA) is 86.8 Å². The summed E-state index contributed by atoms with van der Waals surface area (Å²) in [6.45, 7) is 31.7. The van der Waals surface area contributed by atoms with Gasteiger partial charge in [0.15, 0.2) is 28.1 Å². The van der Waals surface area contributed by atoms with Gasteiger partial charge >= 0.3 is 11.9 Å². The average Bonchev–Trinajstić information content (AvgIpc) is 3.20. The quantitative estimate of drug-likeness (QED) is 0.0280. The van der Waals surface area contributed by atoms with E-state index in [9.17, 15) is 9.59 Å². The van der Waals surface area contributed by atoms with E-state index >= 15 is 0 Å². The van der Waals surface area contributed by atoms with Gasteiger partial charge in [-0.3, -0.25) is 9.69 Å². The van der Waals surface area contributed by atoms with Crippen LogP contribution in [0.1, 0.15) is 201 Å². The zero-order valence-electron chi connectivity index (χ0n) is 44.5. The Labute approximate surface area is 397 Å². The Kier molecular flexibility index (Phi) is 30.2. The Morgan fingerprint density at radius 1 is 0.609 bits per heavy atom. The van der Waals surface area contributed by atoms with E-state index in [2.05, 4.69) is 91.4 Å². The van der Waals surface area contributed by atoms with Crippen molar-refractivity contribution >= 4 is 28.6 Å². The summed E-state index contributed by atoms with van der Waals surface area (Å²) in [5.74, 6) is -0.115. The minimum absolute atomic E-state index is 0.106. The van der Waals surface area contributed by atoms with Gasteiger partial charge in [0.25, 0.3) is 0 Å². The number of carbonyl (C=O) groups is 2. The first-order chi connectivity index (χ1) is 30.1. The lowest BCUT2D eigenvalue weighted by Gasteiger charge is -2.42. The molecular formula is C53H102N2O7Si2. The van der Waals surface area contributed by atoms with Crippen LogP contribution < -0.4 is 9.47 Å². The fourth-order valence-corrected chi connectivity index (χ4v) is 10.3. The lowest BCUT2D eigenvalue weighted by molar-refractivity contribution is -0.134. The number of benzene rings is 1. The van der Waals surface area contributed by atoms with Crippen molar-refractivity contribution in [1.82, 2.24) is 9.80 Å². The van der Waals surface area contributed by atoms with Crippen molar-refractivity contribution in [1.29, 1.82) is 0 Å². The molecule has 0 radical (unpaired) electrons. The molecule has 1 aromatic carbocycles. The molecule has 1 aromatic rings. The SMILES string of the molecule is CCCCCCCCCCC(CN(CCCC(=O)Oc1ccc(C(=O)OCCCN(C)C)cc1OC)CC(CCCCCCCCCC)O[Si](C)(C)C(C)(C)C)O[Si](C)(C)C(C)(C)C. The van der Waals surface area contributed by atoms with E-state index in [-0.39, 0.29) is 34.7 Å². The maximum atomic E-state index is 13.5. The highest BCUT2D eigenvalue weighted by Crippen LogP contribution is 2.39. The molecule has 2 unspecified atom stereocenters. The molecule has 2 atom stereocenters. The zero-order valence-corrected chi connectivity index (χ0v) is 46.5. The Balaban J connectivity index is 3.31. The normalized spacial score (nSPS) is 13.7. The minimum Gasteiger partial charge on any atom is -0.493 e. The molecule has 374 valence electrons. The molecule has 0 aliphatic rings. The molecule has 0 aromatic heterocycles. The number of ether oxygens (including phenoxy) is 3. The number of hydrogen-bond acceptors (Lipinski definition) is 9. The molecule has 0 heterocycles. The molecule has 0 N–H and O–H groups in total. The third-order valence-electron chi connectivity index (χ3n) is 13.7. The Morgan fingerprint density at radius 2 is 1.06 bits per heavy atom. The Bertz CT molecular complexity index is 1340. The van der Waals surface area contributed by atoms with Gasteiger partial charge in [0.1, 0.15) is 0 Å². The van der Waals surface area contributed by atoms with Gasteiger partial charge in [0.05, 0.1) is 31.5 Å². The van der Waals surface area contributed by atoms with Gasteiger partial charge in [-0.2, -0.15) is 0 Å².